The highest BCUT2D eigenvalue weighted by Gasteiger charge is 2.59. The summed E-state index contributed by atoms with van der Waals surface area (Å²) in [6, 6.07) is 8.15. The number of rotatable bonds is 1. The Hall–Kier alpha value is -1.59. The minimum atomic E-state index is 0. The maximum absolute atomic E-state index is 13.0. The zero-order valence-corrected chi connectivity index (χ0v) is 13.8. The summed E-state index contributed by atoms with van der Waals surface area (Å²) in [7, 11) is 0. The van der Waals surface area contributed by atoms with E-state index in [9.17, 15) is 4.79 Å². The van der Waals surface area contributed by atoms with Crippen LogP contribution in [0, 0.1) is 11.3 Å². The smallest absolute Gasteiger partial charge is 0.233 e. The number of nitrogens with zero attached hydrogens (tertiary/aromatic N) is 3. The third kappa shape index (κ3) is 2.10. The molecule has 1 aromatic heterocycles. The Balaban J connectivity index is 0.00000135. The second-order valence-corrected chi connectivity index (χ2v) is 6.91. The fourth-order valence-corrected chi connectivity index (χ4v) is 4.36. The standard InChI is InChI=1S/C17H20N4O.ClH/c22-15(12-11-17(12)5-7-18-8-6-17)21-10-9-20-14-4-2-1-3-13(14)19-16(20)21;/h1-4,12,18H,5-11H2;1H. The number of hydrogen-bond donors (Lipinski definition) is 1. The van der Waals surface area contributed by atoms with E-state index < -0.39 is 0 Å². The second kappa shape index (κ2) is 5.21. The summed E-state index contributed by atoms with van der Waals surface area (Å²) < 4.78 is 2.19. The number of para-hydroxylation sites is 2. The van der Waals surface area contributed by atoms with Gasteiger partial charge in [0.1, 0.15) is 0 Å². The lowest BCUT2D eigenvalue weighted by Crippen LogP contribution is -2.36. The molecule has 1 unspecified atom stereocenters. The summed E-state index contributed by atoms with van der Waals surface area (Å²) in [6.45, 7) is 3.75. The molecule has 6 heteroatoms. The van der Waals surface area contributed by atoms with Crippen LogP contribution < -0.4 is 10.2 Å². The normalized spacial score (nSPS) is 24.5. The summed E-state index contributed by atoms with van der Waals surface area (Å²) in [5.41, 5.74) is 2.42. The number of fused-ring (bicyclic) bond motifs is 3. The number of piperidine rings is 1. The average Bonchev–Trinajstić information content (AvgIpc) is 2.93. The summed E-state index contributed by atoms with van der Waals surface area (Å²) in [4.78, 5) is 19.6. The zero-order chi connectivity index (χ0) is 14.7. The molecule has 5 rings (SSSR count). The minimum absolute atomic E-state index is 0. The van der Waals surface area contributed by atoms with Gasteiger partial charge in [0.2, 0.25) is 11.9 Å². The van der Waals surface area contributed by atoms with E-state index in [1.807, 2.05) is 23.1 Å². The molecule has 1 aliphatic carbocycles. The lowest BCUT2D eigenvalue weighted by Gasteiger charge is -2.24. The van der Waals surface area contributed by atoms with Crippen molar-refractivity contribution in [1.29, 1.82) is 0 Å². The fourth-order valence-electron chi connectivity index (χ4n) is 4.36. The molecule has 1 saturated carbocycles. The van der Waals surface area contributed by atoms with E-state index in [-0.39, 0.29) is 18.3 Å². The van der Waals surface area contributed by atoms with Crippen molar-refractivity contribution < 1.29 is 4.79 Å². The molecular formula is C17H21ClN4O. The van der Waals surface area contributed by atoms with Gasteiger partial charge in [-0.3, -0.25) is 9.69 Å². The van der Waals surface area contributed by atoms with Crippen LogP contribution in [0.1, 0.15) is 19.3 Å². The third-order valence-corrected chi connectivity index (χ3v) is 5.78. The number of aromatic nitrogens is 2. The van der Waals surface area contributed by atoms with Crippen LogP contribution in [0.25, 0.3) is 11.0 Å². The number of imidazole rings is 1. The van der Waals surface area contributed by atoms with E-state index in [1.54, 1.807) is 0 Å². The van der Waals surface area contributed by atoms with E-state index in [4.69, 9.17) is 4.98 Å². The molecule has 122 valence electrons. The van der Waals surface area contributed by atoms with E-state index in [1.165, 1.54) is 0 Å². The SMILES string of the molecule is Cl.O=C(C1CC12CCNCC2)N1CCn2c1nc1ccccc12. The Morgan fingerprint density at radius 2 is 2.00 bits per heavy atom. The molecule has 1 spiro atoms. The van der Waals surface area contributed by atoms with Crippen molar-refractivity contribution in [3.8, 4) is 0 Å². The molecule has 1 atom stereocenters. The molecule has 5 nitrogen and oxygen atoms in total. The average molecular weight is 333 g/mol. The first-order valence-electron chi connectivity index (χ1n) is 8.26. The van der Waals surface area contributed by atoms with Gasteiger partial charge in [-0.15, -0.1) is 12.4 Å². The first-order chi connectivity index (χ1) is 10.8. The first kappa shape index (κ1) is 15.0. The highest BCUT2D eigenvalue weighted by molar-refractivity contribution is 5.98. The predicted molar refractivity (Wildman–Crippen MR) is 92.0 cm³/mol. The van der Waals surface area contributed by atoms with E-state index in [0.717, 1.165) is 62.4 Å². The number of hydrogen-bond acceptors (Lipinski definition) is 3. The number of carbonyl (C=O) groups is 1. The number of carbonyl (C=O) groups excluding carboxylic acids is 1. The van der Waals surface area contributed by atoms with Crippen LogP contribution in [-0.2, 0) is 11.3 Å². The zero-order valence-electron chi connectivity index (χ0n) is 13.0. The van der Waals surface area contributed by atoms with Gasteiger partial charge in [-0.1, -0.05) is 12.1 Å². The highest BCUT2D eigenvalue weighted by atomic mass is 35.5. The summed E-state index contributed by atoms with van der Waals surface area (Å²) >= 11 is 0. The lowest BCUT2D eigenvalue weighted by molar-refractivity contribution is -0.120. The van der Waals surface area contributed by atoms with Gasteiger partial charge in [0.05, 0.1) is 11.0 Å². The van der Waals surface area contributed by atoms with Gasteiger partial charge < -0.3 is 9.88 Å². The van der Waals surface area contributed by atoms with Crippen LogP contribution in [-0.4, -0.2) is 35.1 Å². The molecule has 2 fully saturated rings. The van der Waals surface area contributed by atoms with Crippen LogP contribution in [0.2, 0.25) is 0 Å². The minimum Gasteiger partial charge on any atom is -0.317 e. The van der Waals surface area contributed by atoms with Crippen molar-refractivity contribution >= 4 is 35.3 Å². The van der Waals surface area contributed by atoms with Gasteiger partial charge in [-0.2, -0.15) is 0 Å². The number of nitrogens with one attached hydrogen (secondary N) is 1. The Morgan fingerprint density at radius 3 is 2.83 bits per heavy atom. The van der Waals surface area contributed by atoms with E-state index in [2.05, 4.69) is 16.0 Å². The molecule has 2 aliphatic heterocycles. The van der Waals surface area contributed by atoms with Gasteiger partial charge >= 0.3 is 0 Å². The maximum atomic E-state index is 13.0. The molecular weight excluding hydrogens is 312 g/mol. The number of benzene rings is 1. The largest absolute Gasteiger partial charge is 0.317 e. The molecule has 3 aliphatic rings. The first-order valence-corrected chi connectivity index (χ1v) is 8.26. The Morgan fingerprint density at radius 1 is 1.22 bits per heavy atom. The van der Waals surface area contributed by atoms with Crippen LogP contribution in [0.15, 0.2) is 24.3 Å². The van der Waals surface area contributed by atoms with Crippen LogP contribution in [0.5, 0.6) is 0 Å². The fraction of sp³-hybridized carbons (Fsp3) is 0.529. The second-order valence-electron chi connectivity index (χ2n) is 6.91. The topological polar surface area (TPSA) is 50.2 Å². The summed E-state index contributed by atoms with van der Waals surface area (Å²) in [6.07, 6.45) is 3.37. The summed E-state index contributed by atoms with van der Waals surface area (Å²) in [5, 5.41) is 3.40. The third-order valence-electron chi connectivity index (χ3n) is 5.78. The highest BCUT2D eigenvalue weighted by Crippen LogP contribution is 2.59. The van der Waals surface area contributed by atoms with E-state index >= 15 is 0 Å². The monoisotopic (exact) mass is 332 g/mol. The number of anilines is 1. The number of halogens is 1. The van der Waals surface area contributed by atoms with Crippen LogP contribution >= 0.6 is 12.4 Å². The Labute approximate surface area is 141 Å². The van der Waals surface area contributed by atoms with Gasteiger partial charge in [0.25, 0.3) is 0 Å². The number of amides is 1. The van der Waals surface area contributed by atoms with Crippen LogP contribution in [0.4, 0.5) is 5.95 Å². The van der Waals surface area contributed by atoms with Crippen LogP contribution in [0.3, 0.4) is 0 Å². The maximum Gasteiger partial charge on any atom is 0.233 e. The lowest BCUT2D eigenvalue weighted by atomic mass is 9.91. The van der Waals surface area contributed by atoms with Crippen molar-refractivity contribution in [2.45, 2.75) is 25.8 Å². The van der Waals surface area contributed by atoms with E-state index in [0.29, 0.717) is 11.3 Å². The van der Waals surface area contributed by atoms with Crippen molar-refractivity contribution in [2.75, 3.05) is 24.5 Å². The van der Waals surface area contributed by atoms with Gasteiger partial charge in [0, 0.05) is 19.0 Å². The Kier molecular flexibility index (Phi) is 3.39. The quantitative estimate of drug-likeness (QED) is 0.871. The molecule has 3 heterocycles. The summed E-state index contributed by atoms with van der Waals surface area (Å²) in [5.74, 6) is 1.37. The Bertz CT molecular complexity index is 765. The molecule has 0 bridgehead atoms. The molecule has 1 aromatic carbocycles. The predicted octanol–water partition coefficient (Wildman–Crippen LogP) is 2.19. The molecule has 1 amide bonds. The van der Waals surface area contributed by atoms with Gasteiger partial charge in [0.15, 0.2) is 0 Å². The molecule has 1 N–H and O–H groups in total. The molecule has 1 saturated heterocycles. The molecule has 23 heavy (non-hydrogen) atoms. The van der Waals surface area contributed by atoms with Crippen molar-refractivity contribution in [3.63, 3.8) is 0 Å². The molecule has 2 aromatic rings. The van der Waals surface area contributed by atoms with Crippen molar-refractivity contribution in [2.24, 2.45) is 11.3 Å². The molecule has 0 radical (unpaired) electrons. The van der Waals surface area contributed by atoms with Crippen molar-refractivity contribution in [3.05, 3.63) is 24.3 Å². The van der Waals surface area contributed by atoms with Crippen molar-refractivity contribution in [1.82, 2.24) is 14.9 Å². The van der Waals surface area contributed by atoms with Gasteiger partial charge in [-0.25, -0.2) is 4.98 Å². The van der Waals surface area contributed by atoms with Gasteiger partial charge in [-0.05, 0) is 49.9 Å².